The Balaban J connectivity index is 4.23. The summed E-state index contributed by atoms with van der Waals surface area (Å²) in [6.07, 6.45) is 50.5. The van der Waals surface area contributed by atoms with Crippen LogP contribution in [0, 0.1) is 0 Å². The Bertz CT molecular complexity index is 1130. The Labute approximate surface area is 376 Å². The molecule has 0 aromatic rings. The van der Waals surface area contributed by atoms with E-state index in [0.29, 0.717) is 23.9 Å². The lowest BCUT2D eigenvalue weighted by molar-refractivity contribution is -0.870. The van der Waals surface area contributed by atoms with Gasteiger partial charge in [0, 0.05) is 12.8 Å². The van der Waals surface area contributed by atoms with E-state index in [2.05, 4.69) is 50.3 Å². The molecule has 61 heavy (non-hydrogen) atoms. The van der Waals surface area contributed by atoms with Crippen molar-refractivity contribution in [3.63, 3.8) is 0 Å². The number of ether oxygens (including phenoxy) is 2. The minimum atomic E-state index is -4.64. The highest BCUT2D eigenvalue weighted by Crippen LogP contribution is 2.38. The molecule has 0 saturated heterocycles. The second-order valence-electron chi connectivity index (χ2n) is 18.2. The van der Waals surface area contributed by atoms with Crippen LogP contribution in [0.4, 0.5) is 0 Å². The molecule has 0 N–H and O–H groups in total. The van der Waals surface area contributed by atoms with Crippen LogP contribution in [0.3, 0.4) is 0 Å². The largest absolute Gasteiger partial charge is 0.756 e. The number of unbranched alkanes of at least 4 members (excludes halogenated alkanes) is 26. The molecule has 0 aromatic heterocycles. The number of esters is 2. The summed E-state index contributed by atoms with van der Waals surface area (Å²) in [6.45, 7) is 4.16. The highest BCUT2D eigenvalue weighted by Gasteiger charge is 2.21. The van der Waals surface area contributed by atoms with Gasteiger partial charge < -0.3 is 27.9 Å². The fourth-order valence-corrected chi connectivity index (χ4v) is 7.64. The van der Waals surface area contributed by atoms with Crippen LogP contribution in [0.25, 0.3) is 0 Å². The van der Waals surface area contributed by atoms with E-state index in [1.54, 1.807) is 0 Å². The molecule has 0 heterocycles. The molecule has 0 spiro atoms. The highest BCUT2D eigenvalue weighted by atomic mass is 31.2. The predicted molar refractivity (Wildman–Crippen MR) is 254 cm³/mol. The van der Waals surface area contributed by atoms with Gasteiger partial charge in [-0.3, -0.25) is 14.2 Å². The Morgan fingerprint density at radius 3 is 1.41 bits per heavy atom. The fourth-order valence-electron chi connectivity index (χ4n) is 6.91. The number of carbonyl (C=O) groups is 2. The van der Waals surface area contributed by atoms with E-state index in [4.69, 9.17) is 18.5 Å². The Morgan fingerprint density at radius 2 is 0.918 bits per heavy atom. The third kappa shape index (κ3) is 47.5. The molecule has 1 unspecified atom stereocenters. The molecule has 2 atom stereocenters. The molecule has 0 rings (SSSR count). The van der Waals surface area contributed by atoms with Crippen molar-refractivity contribution >= 4 is 19.8 Å². The molecule has 0 aliphatic rings. The Morgan fingerprint density at radius 1 is 0.508 bits per heavy atom. The third-order valence-corrected chi connectivity index (χ3v) is 11.8. The maximum atomic E-state index is 12.7. The smallest absolute Gasteiger partial charge is 0.306 e. The maximum absolute atomic E-state index is 12.7. The zero-order valence-electron chi connectivity index (χ0n) is 40.4. The van der Waals surface area contributed by atoms with Gasteiger partial charge in [0.05, 0.1) is 27.7 Å². The molecular formula is C51H96NO8P. The average molecular weight is 882 g/mol. The lowest BCUT2D eigenvalue weighted by Gasteiger charge is -2.28. The van der Waals surface area contributed by atoms with Crippen molar-refractivity contribution in [2.45, 2.75) is 232 Å². The number of quaternary nitrogens is 1. The third-order valence-electron chi connectivity index (χ3n) is 10.9. The van der Waals surface area contributed by atoms with Crippen LogP contribution in [0.2, 0.25) is 0 Å². The second-order valence-corrected chi connectivity index (χ2v) is 19.6. The van der Waals surface area contributed by atoms with Crippen molar-refractivity contribution in [1.82, 2.24) is 0 Å². The summed E-state index contributed by atoms with van der Waals surface area (Å²) in [5, 5.41) is 0. The van der Waals surface area contributed by atoms with E-state index in [0.717, 1.165) is 57.8 Å². The number of phosphoric ester groups is 1. The van der Waals surface area contributed by atoms with Crippen LogP contribution in [0.15, 0.2) is 36.5 Å². The van der Waals surface area contributed by atoms with Gasteiger partial charge in [0.1, 0.15) is 19.8 Å². The van der Waals surface area contributed by atoms with E-state index in [-0.39, 0.29) is 26.1 Å². The monoisotopic (exact) mass is 882 g/mol. The number of nitrogens with zero attached hydrogens (tertiary/aromatic N) is 1. The van der Waals surface area contributed by atoms with Gasteiger partial charge in [-0.2, -0.15) is 0 Å². The Hall–Kier alpha value is -1.77. The molecule has 358 valence electrons. The van der Waals surface area contributed by atoms with Crippen molar-refractivity contribution < 1.29 is 42.1 Å². The summed E-state index contributed by atoms with van der Waals surface area (Å²) in [5.41, 5.74) is 0. The molecule has 9 nitrogen and oxygen atoms in total. The summed E-state index contributed by atoms with van der Waals surface area (Å²) >= 11 is 0. The first kappa shape index (κ1) is 59.2. The van der Waals surface area contributed by atoms with E-state index < -0.39 is 32.5 Å². The summed E-state index contributed by atoms with van der Waals surface area (Å²) < 4.78 is 33.9. The van der Waals surface area contributed by atoms with Crippen molar-refractivity contribution in [3.8, 4) is 0 Å². The lowest BCUT2D eigenvalue weighted by atomic mass is 10.0. The predicted octanol–water partition coefficient (Wildman–Crippen LogP) is 14.2. The quantitative estimate of drug-likeness (QED) is 0.0195. The second kappa shape index (κ2) is 43.5. The Kier molecular flexibility index (Phi) is 42.2. The molecule has 0 aromatic carbocycles. The van der Waals surface area contributed by atoms with Crippen molar-refractivity contribution in [1.29, 1.82) is 0 Å². The summed E-state index contributed by atoms with van der Waals surface area (Å²) in [7, 11) is 1.15. The summed E-state index contributed by atoms with van der Waals surface area (Å²) in [6, 6.07) is 0. The number of likely N-dealkylation sites (N-methyl/N-ethyl adjacent to an activating group) is 1. The van der Waals surface area contributed by atoms with E-state index in [1.165, 1.54) is 128 Å². The van der Waals surface area contributed by atoms with Gasteiger partial charge in [0.15, 0.2) is 6.10 Å². The summed E-state index contributed by atoms with van der Waals surface area (Å²) in [5.74, 6) is -0.882. The van der Waals surface area contributed by atoms with Gasteiger partial charge in [-0.15, -0.1) is 0 Å². The first-order valence-electron chi connectivity index (χ1n) is 25.2. The van der Waals surface area contributed by atoms with Gasteiger partial charge in [0.25, 0.3) is 7.82 Å². The minimum Gasteiger partial charge on any atom is -0.756 e. The molecule has 0 aliphatic heterocycles. The molecule has 0 amide bonds. The van der Waals surface area contributed by atoms with Crippen LogP contribution >= 0.6 is 7.82 Å². The van der Waals surface area contributed by atoms with Crippen LogP contribution in [0.5, 0.6) is 0 Å². The number of rotatable bonds is 46. The first-order valence-corrected chi connectivity index (χ1v) is 26.7. The van der Waals surface area contributed by atoms with Gasteiger partial charge in [-0.1, -0.05) is 192 Å². The normalized spacial score (nSPS) is 13.7. The minimum absolute atomic E-state index is 0.0372. The number of hydrogen-bond acceptors (Lipinski definition) is 8. The van der Waals surface area contributed by atoms with Crippen LogP contribution < -0.4 is 4.89 Å². The van der Waals surface area contributed by atoms with Gasteiger partial charge >= 0.3 is 11.9 Å². The van der Waals surface area contributed by atoms with Crippen LogP contribution in [0.1, 0.15) is 226 Å². The van der Waals surface area contributed by atoms with E-state index in [1.807, 2.05) is 21.1 Å². The van der Waals surface area contributed by atoms with Crippen LogP contribution in [-0.4, -0.2) is 70.0 Å². The standard InChI is InChI=1S/C51H96NO8P/c1-6-8-10-12-14-16-18-20-22-23-24-25-26-27-28-29-30-32-33-35-37-39-41-43-50(53)57-47-49(48-59-61(55,56)58-46-45-52(3,4)5)60-51(54)44-42-40-38-36-34-31-21-19-17-15-13-11-9-7-2/h13,15,19,21,35,37,49H,6-12,14,16-18,20,22-34,36,38-48H2,1-5H3/b15-13+,21-19+,37-35+/t49-/m0/s1. The fraction of sp³-hybridized carbons (Fsp3) is 0.843. The number of phosphoric acid groups is 1. The SMILES string of the molecule is CCCC/C=C/C/C=C/CCCCCCCC(=O)O[C@@H](COC(=O)CCC/C=C/CCCCCCCCCCCCCCCCCCCC)COP(=O)([O-])OCC[N+](C)(C)C. The first-order chi connectivity index (χ1) is 29.5. The number of hydrogen-bond donors (Lipinski definition) is 0. The topological polar surface area (TPSA) is 111 Å². The maximum Gasteiger partial charge on any atom is 0.306 e. The molecule has 10 heteroatoms. The van der Waals surface area contributed by atoms with Crippen molar-refractivity contribution in [2.24, 2.45) is 0 Å². The van der Waals surface area contributed by atoms with Gasteiger partial charge in [-0.25, -0.2) is 0 Å². The number of carbonyl (C=O) groups excluding carboxylic acids is 2. The van der Waals surface area contributed by atoms with Crippen molar-refractivity contribution in [2.75, 3.05) is 47.5 Å². The molecular weight excluding hydrogens is 786 g/mol. The number of allylic oxidation sites excluding steroid dienone is 6. The zero-order chi connectivity index (χ0) is 45.0. The van der Waals surface area contributed by atoms with Gasteiger partial charge in [-0.05, 0) is 57.8 Å². The van der Waals surface area contributed by atoms with Crippen molar-refractivity contribution in [3.05, 3.63) is 36.5 Å². The van der Waals surface area contributed by atoms with Crippen LogP contribution in [-0.2, 0) is 32.7 Å². The summed E-state index contributed by atoms with van der Waals surface area (Å²) in [4.78, 5) is 37.6. The molecule has 0 bridgehead atoms. The highest BCUT2D eigenvalue weighted by molar-refractivity contribution is 7.45. The average Bonchev–Trinajstić information content (AvgIpc) is 3.21. The molecule has 0 radical (unpaired) electrons. The van der Waals surface area contributed by atoms with Gasteiger partial charge in [0.2, 0.25) is 0 Å². The van der Waals surface area contributed by atoms with E-state index in [9.17, 15) is 19.0 Å². The van der Waals surface area contributed by atoms with E-state index >= 15 is 0 Å². The lowest BCUT2D eigenvalue weighted by Crippen LogP contribution is -2.37. The zero-order valence-corrected chi connectivity index (χ0v) is 41.3. The molecule has 0 fully saturated rings. The molecule has 0 saturated carbocycles. The molecule has 0 aliphatic carbocycles.